The summed E-state index contributed by atoms with van der Waals surface area (Å²) >= 11 is 1.75. The molecule has 4 nitrogen and oxygen atoms in total. The number of ether oxygens (including phenoxy) is 1. The summed E-state index contributed by atoms with van der Waals surface area (Å²) in [6.45, 7) is 5.74. The van der Waals surface area contributed by atoms with E-state index in [1.807, 2.05) is 13.0 Å². The van der Waals surface area contributed by atoms with Crippen LogP contribution in [0.3, 0.4) is 0 Å². The Morgan fingerprint density at radius 2 is 2.20 bits per heavy atom. The highest BCUT2D eigenvalue weighted by molar-refractivity contribution is 7.09. The smallest absolute Gasteiger partial charge is 0.218 e. The second kappa shape index (κ2) is 7.85. The van der Waals surface area contributed by atoms with Crippen LogP contribution in [0.5, 0.6) is 5.88 Å². The Morgan fingerprint density at radius 3 is 2.90 bits per heavy atom. The van der Waals surface area contributed by atoms with Crippen molar-refractivity contribution in [1.29, 1.82) is 0 Å². The molecule has 0 aliphatic rings. The molecule has 0 aromatic carbocycles. The lowest BCUT2D eigenvalue weighted by atomic mass is 10.3. The zero-order chi connectivity index (χ0) is 14.2. The first-order chi connectivity index (χ1) is 9.81. The van der Waals surface area contributed by atoms with Crippen LogP contribution in [0, 0.1) is 0 Å². The fourth-order valence-electron chi connectivity index (χ4n) is 1.76. The first kappa shape index (κ1) is 14.8. The minimum absolute atomic E-state index is 0.647. The van der Waals surface area contributed by atoms with Crippen molar-refractivity contribution in [3.05, 3.63) is 34.3 Å². The van der Waals surface area contributed by atoms with Crippen LogP contribution in [0.15, 0.2) is 23.6 Å². The summed E-state index contributed by atoms with van der Waals surface area (Å²) in [4.78, 5) is 10.2. The van der Waals surface area contributed by atoms with Crippen LogP contribution in [0.4, 0.5) is 5.82 Å². The van der Waals surface area contributed by atoms with Gasteiger partial charge in [-0.25, -0.2) is 4.98 Å². The molecule has 0 bridgehead atoms. The third-order valence-corrected chi connectivity index (χ3v) is 3.74. The number of nitrogens with one attached hydrogen (secondary N) is 1. The number of aromatic nitrogens is 2. The van der Waals surface area contributed by atoms with Crippen molar-refractivity contribution in [3.8, 4) is 5.88 Å². The van der Waals surface area contributed by atoms with Crippen molar-refractivity contribution in [3.63, 3.8) is 0 Å². The van der Waals surface area contributed by atoms with Crippen molar-refractivity contribution in [2.45, 2.75) is 33.1 Å². The topological polar surface area (TPSA) is 47.0 Å². The SMILES string of the molecule is CCCNc1cc(OCCc2cccs2)nc(CC)n1. The molecule has 0 unspecified atom stereocenters. The maximum atomic E-state index is 5.76. The van der Waals surface area contributed by atoms with Gasteiger partial charge in [-0.1, -0.05) is 19.9 Å². The predicted octanol–water partition coefficient (Wildman–Crippen LogP) is 3.54. The van der Waals surface area contributed by atoms with E-state index in [0.29, 0.717) is 12.5 Å². The maximum absolute atomic E-state index is 5.76. The second-order valence-corrected chi connectivity index (χ2v) is 5.50. The summed E-state index contributed by atoms with van der Waals surface area (Å²) in [6, 6.07) is 6.07. The minimum Gasteiger partial charge on any atom is -0.477 e. The number of aryl methyl sites for hydroxylation is 1. The monoisotopic (exact) mass is 291 g/mol. The van der Waals surface area contributed by atoms with E-state index in [1.165, 1.54) is 4.88 Å². The third kappa shape index (κ3) is 4.49. The number of thiophene rings is 1. The molecule has 1 N–H and O–H groups in total. The third-order valence-electron chi connectivity index (χ3n) is 2.80. The summed E-state index contributed by atoms with van der Waals surface area (Å²) < 4.78 is 5.76. The van der Waals surface area contributed by atoms with Crippen molar-refractivity contribution in [2.24, 2.45) is 0 Å². The number of hydrogen-bond acceptors (Lipinski definition) is 5. The second-order valence-electron chi connectivity index (χ2n) is 4.47. The Hall–Kier alpha value is -1.62. The molecule has 0 fully saturated rings. The van der Waals surface area contributed by atoms with Crippen molar-refractivity contribution in [2.75, 3.05) is 18.5 Å². The van der Waals surface area contributed by atoms with Crippen LogP contribution >= 0.6 is 11.3 Å². The van der Waals surface area contributed by atoms with Gasteiger partial charge in [0.05, 0.1) is 6.61 Å². The highest BCUT2D eigenvalue weighted by atomic mass is 32.1. The van der Waals surface area contributed by atoms with E-state index >= 15 is 0 Å². The van der Waals surface area contributed by atoms with Gasteiger partial charge in [-0.2, -0.15) is 4.98 Å². The maximum Gasteiger partial charge on any atom is 0.218 e. The molecule has 0 atom stereocenters. The predicted molar refractivity (Wildman–Crippen MR) is 83.7 cm³/mol. The van der Waals surface area contributed by atoms with Gasteiger partial charge in [0.2, 0.25) is 5.88 Å². The molecule has 20 heavy (non-hydrogen) atoms. The van der Waals surface area contributed by atoms with E-state index in [1.54, 1.807) is 11.3 Å². The van der Waals surface area contributed by atoms with Gasteiger partial charge in [-0.3, -0.25) is 0 Å². The molecule has 2 heterocycles. The lowest BCUT2D eigenvalue weighted by Crippen LogP contribution is -2.08. The molecule has 0 aliphatic heterocycles. The van der Waals surface area contributed by atoms with Crippen LogP contribution in [0.25, 0.3) is 0 Å². The molecule has 0 amide bonds. The standard InChI is InChI=1S/C15H21N3OS/c1-3-8-16-14-11-15(18-13(4-2)17-14)19-9-7-12-6-5-10-20-12/h5-6,10-11H,3-4,7-9H2,1-2H3,(H,16,17,18). The molecule has 5 heteroatoms. The molecule has 108 valence electrons. The van der Waals surface area contributed by atoms with Gasteiger partial charge in [0.15, 0.2) is 0 Å². The van der Waals surface area contributed by atoms with Gasteiger partial charge >= 0.3 is 0 Å². The summed E-state index contributed by atoms with van der Waals surface area (Å²) in [5.41, 5.74) is 0. The van der Waals surface area contributed by atoms with Crippen LogP contribution in [-0.2, 0) is 12.8 Å². The Morgan fingerprint density at radius 1 is 1.30 bits per heavy atom. The molecule has 0 aliphatic carbocycles. The number of hydrogen-bond donors (Lipinski definition) is 1. The molecule has 2 rings (SSSR count). The van der Waals surface area contributed by atoms with Crippen molar-refractivity contribution in [1.82, 2.24) is 9.97 Å². The minimum atomic E-state index is 0.647. The Labute approximate surface area is 124 Å². The molecule has 0 radical (unpaired) electrons. The fraction of sp³-hybridized carbons (Fsp3) is 0.467. The van der Waals surface area contributed by atoms with Gasteiger partial charge in [0, 0.05) is 30.3 Å². The van der Waals surface area contributed by atoms with Gasteiger partial charge in [-0.05, 0) is 17.9 Å². The van der Waals surface area contributed by atoms with Gasteiger partial charge < -0.3 is 10.1 Å². The van der Waals surface area contributed by atoms with Crippen LogP contribution in [-0.4, -0.2) is 23.1 Å². The van der Waals surface area contributed by atoms with Gasteiger partial charge in [-0.15, -0.1) is 11.3 Å². The number of rotatable bonds is 8. The number of anilines is 1. The fourth-order valence-corrected chi connectivity index (χ4v) is 2.45. The highest BCUT2D eigenvalue weighted by Crippen LogP contribution is 2.15. The Kier molecular flexibility index (Phi) is 5.80. The van der Waals surface area contributed by atoms with Gasteiger partial charge in [0.1, 0.15) is 11.6 Å². The molecular weight excluding hydrogens is 270 g/mol. The lowest BCUT2D eigenvalue weighted by molar-refractivity contribution is 0.309. The molecule has 2 aromatic heterocycles. The first-order valence-electron chi connectivity index (χ1n) is 7.08. The van der Waals surface area contributed by atoms with E-state index in [4.69, 9.17) is 4.74 Å². The van der Waals surface area contributed by atoms with Crippen LogP contribution in [0.1, 0.15) is 31.0 Å². The summed E-state index contributed by atoms with van der Waals surface area (Å²) in [5, 5.41) is 5.37. The zero-order valence-corrected chi connectivity index (χ0v) is 12.9. The summed E-state index contributed by atoms with van der Waals surface area (Å²) in [7, 11) is 0. The zero-order valence-electron chi connectivity index (χ0n) is 12.1. The normalized spacial score (nSPS) is 10.5. The average molecular weight is 291 g/mol. The Balaban J connectivity index is 1.94. The van der Waals surface area contributed by atoms with E-state index in [2.05, 4.69) is 39.7 Å². The molecule has 0 saturated carbocycles. The summed E-state index contributed by atoms with van der Waals surface area (Å²) in [6.07, 6.45) is 2.80. The van der Waals surface area contributed by atoms with E-state index < -0.39 is 0 Å². The molecule has 2 aromatic rings. The van der Waals surface area contributed by atoms with Crippen molar-refractivity contribution >= 4 is 17.2 Å². The van der Waals surface area contributed by atoms with Crippen LogP contribution < -0.4 is 10.1 Å². The quantitative estimate of drug-likeness (QED) is 0.808. The Bertz CT molecular complexity index is 514. The van der Waals surface area contributed by atoms with E-state index in [9.17, 15) is 0 Å². The van der Waals surface area contributed by atoms with Crippen molar-refractivity contribution < 1.29 is 4.74 Å². The first-order valence-corrected chi connectivity index (χ1v) is 7.96. The molecule has 0 spiro atoms. The largest absolute Gasteiger partial charge is 0.477 e. The highest BCUT2D eigenvalue weighted by Gasteiger charge is 2.04. The van der Waals surface area contributed by atoms with E-state index in [-0.39, 0.29) is 0 Å². The molecule has 0 saturated heterocycles. The van der Waals surface area contributed by atoms with Gasteiger partial charge in [0.25, 0.3) is 0 Å². The lowest BCUT2D eigenvalue weighted by Gasteiger charge is -2.09. The summed E-state index contributed by atoms with van der Waals surface area (Å²) in [5.74, 6) is 2.33. The average Bonchev–Trinajstić information content (AvgIpc) is 2.98. The number of nitrogens with zero attached hydrogens (tertiary/aromatic N) is 2. The van der Waals surface area contributed by atoms with E-state index in [0.717, 1.165) is 37.4 Å². The molecular formula is C15H21N3OS. The van der Waals surface area contributed by atoms with Crippen LogP contribution in [0.2, 0.25) is 0 Å².